The Balaban J connectivity index is 1.44. The van der Waals surface area contributed by atoms with Crippen LogP contribution in [-0.4, -0.2) is 41.9 Å². The van der Waals surface area contributed by atoms with Crippen LogP contribution in [0.2, 0.25) is 0 Å². The fourth-order valence-electron chi connectivity index (χ4n) is 4.17. The lowest BCUT2D eigenvalue weighted by Crippen LogP contribution is -2.42. The van der Waals surface area contributed by atoms with Crippen molar-refractivity contribution in [2.45, 2.75) is 70.3 Å². The molecule has 6 nitrogen and oxygen atoms in total. The number of amides is 4. The number of hydrogen-bond donors (Lipinski definition) is 2. The topological polar surface area (TPSA) is 78.5 Å². The molecule has 1 saturated carbocycles. The Labute approximate surface area is 149 Å². The van der Waals surface area contributed by atoms with Gasteiger partial charge in [0.05, 0.1) is 0 Å². The van der Waals surface area contributed by atoms with E-state index in [0.717, 1.165) is 49.8 Å². The van der Waals surface area contributed by atoms with Gasteiger partial charge in [0, 0.05) is 6.54 Å². The van der Waals surface area contributed by atoms with Crippen LogP contribution in [0.15, 0.2) is 11.6 Å². The summed E-state index contributed by atoms with van der Waals surface area (Å²) >= 11 is 0. The number of hydrogen-bond acceptors (Lipinski definition) is 3. The predicted molar refractivity (Wildman–Crippen MR) is 94.8 cm³/mol. The molecule has 2 N–H and O–H groups in total. The first kappa shape index (κ1) is 18.0. The Morgan fingerprint density at radius 3 is 2.68 bits per heavy atom. The molecule has 2 aliphatic carbocycles. The lowest BCUT2D eigenvalue weighted by atomic mass is 9.84. The number of carbonyl (C=O) groups excluding carboxylic acids is 3. The summed E-state index contributed by atoms with van der Waals surface area (Å²) < 4.78 is 0. The quantitative estimate of drug-likeness (QED) is 0.572. The molecule has 3 rings (SSSR count). The number of nitrogens with zero attached hydrogens (tertiary/aromatic N) is 1. The molecule has 2 fully saturated rings. The van der Waals surface area contributed by atoms with E-state index in [1.54, 1.807) is 0 Å². The average molecular weight is 347 g/mol. The third-order valence-corrected chi connectivity index (χ3v) is 5.63. The number of nitrogens with one attached hydrogen (secondary N) is 2. The molecule has 0 bridgehead atoms. The van der Waals surface area contributed by atoms with E-state index in [0.29, 0.717) is 6.54 Å². The van der Waals surface area contributed by atoms with Crippen LogP contribution in [0.5, 0.6) is 0 Å². The largest absolute Gasteiger partial charge is 0.354 e. The van der Waals surface area contributed by atoms with E-state index in [2.05, 4.69) is 16.7 Å². The monoisotopic (exact) mass is 347 g/mol. The first-order chi connectivity index (χ1) is 12.1. The van der Waals surface area contributed by atoms with Gasteiger partial charge in [-0.15, -0.1) is 0 Å². The summed E-state index contributed by atoms with van der Waals surface area (Å²) in [6.07, 6.45) is 13.2. The Morgan fingerprint density at radius 2 is 1.96 bits per heavy atom. The highest BCUT2D eigenvalue weighted by molar-refractivity contribution is 6.06. The van der Waals surface area contributed by atoms with Crippen molar-refractivity contribution in [1.82, 2.24) is 15.5 Å². The zero-order chi connectivity index (χ0) is 17.6. The summed E-state index contributed by atoms with van der Waals surface area (Å²) in [6, 6.07) is -0.862. The van der Waals surface area contributed by atoms with Gasteiger partial charge in [-0.3, -0.25) is 14.5 Å². The highest BCUT2D eigenvalue weighted by Crippen LogP contribution is 2.29. The van der Waals surface area contributed by atoms with Gasteiger partial charge in [-0.2, -0.15) is 0 Å². The van der Waals surface area contributed by atoms with Gasteiger partial charge >= 0.3 is 6.03 Å². The van der Waals surface area contributed by atoms with Gasteiger partial charge in [-0.05, 0) is 50.9 Å². The summed E-state index contributed by atoms with van der Waals surface area (Å²) in [4.78, 5) is 37.8. The van der Waals surface area contributed by atoms with E-state index >= 15 is 0 Å². The maximum atomic E-state index is 12.5. The molecule has 0 aromatic carbocycles. The van der Waals surface area contributed by atoms with Crippen LogP contribution in [0, 0.1) is 5.92 Å². The fraction of sp³-hybridized carbons (Fsp3) is 0.737. The Morgan fingerprint density at radius 1 is 1.16 bits per heavy atom. The van der Waals surface area contributed by atoms with Crippen molar-refractivity contribution in [3.8, 4) is 0 Å². The summed E-state index contributed by atoms with van der Waals surface area (Å²) in [7, 11) is 0. The van der Waals surface area contributed by atoms with Crippen molar-refractivity contribution in [2.24, 2.45) is 5.92 Å². The number of imide groups is 1. The molecule has 1 aliphatic heterocycles. The second-order valence-corrected chi connectivity index (χ2v) is 7.46. The number of rotatable bonds is 6. The van der Waals surface area contributed by atoms with Gasteiger partial charge in [0.2, 0.25) is 5.91 Å². The minimum Gasteiger partial charge on any atom is -0.354 e. The molecule has 1 heterocycles. The zero-order valence-electron chi connectivity index (χ0n) is 14.9. The van der Waals surface area contributed by atoms with E-state index in [1.807, 2.05) is 0 Å². The normalized spacial score (nSPS) is 24.9. The minimum absolute atomic E-state index is 0.174. The van der Waals surface area contributed by atoms with Crippen molar-refractivity contribution in [2.75, 3.05) is 13.1 Å². The first-order valence-electron chi connectivity index (χ1n) is 9.71. The predicted octanol–water partition coefficient (Wildman–Crippen LogP) is 2.49. The molecule has 0 aromatic rings. The molecule has 25 heavy (non-hydrogen) atoms. The van der Waals surface area contributed by atoms with Gasteiger partial charge in [0.25, 0.3) is 5.91 Å². The van der Waals surface area contributed by atoms with Gasteiger partial charge in [-0.25, -0.2) is 4.79 Å². The molecule has 0 spiro atoms. The molecule has 3 aliphatic rings. The van der Waals surface area contributed by atoms with Gasteiger partial charge in [0.15, 0.2) is 0 Å². The molecule has 1 atom stereocenters. The van der Waals surface area contributed by atoms with Crippen molar-refractivity contribution >= 4 is 17.8 Å². The third-order valence-electron chi connectivity index (χ3n) is 5.63. The van der Waals surface area contributed by atoms with E-state index in [9.17, 15) is 14.4 Å². The first-order valence-corrected chi connectivity index (χ1v) is 9.71. The summed E-state index contributed by atoms with van der Waals surface area (Å²) in [5, 5.41) is 5.62. The molecular weight excluding hydrogens is 318 g/mol. The van der Waals surface area contributed by atoms with E-state index in [4.69, 9.17) is 0 Å². The van der Waals surface area contributed by atoms with E-state index in [1.165, 1.54) is 24.8 Å². The van der Waals surface area contributed by atoms with Crippen LogP contribution in [-0.2, 0) is 9.59 Å². The van der Waals surface area contributed by atoms with Crippen LogP contribution in [0.4, 0.5) is 4.79 Å². The summed E-state index contributed by atoms with van der Waals surface area (Å²) in [5.41, 5.74) is 1.40. The Bertz CT molecular complexity index is 552. The summed E-state index contributed by atoms with van der Waals surface area (Å²) in [6.45, 7) is 0.396. The molecule has 0 aromatic heterocycles. The smallest absolute Gasteiger partial charge is 0.325 e. The number of urea groups is 1. The molecule has 0 radical (unpaired) electrons. The molecule has 0 unspecified atom stereocenters. The van der Waals surface area contributed by atoms with Crippen LogP contribution in [0.3, 0.4) is 0 Å². The third kappa shape index (κ3) is 4.61. The lowest BCUT2D eigenvalue weighted by Gasteiger charge is -2.25. The van der Waals surface area contributed by atoms with Crippen molar-refractivity contribution in [1.29, 1.82) is 0 Å². The minimum atomic E-state index is -0.437. The average Bonchev–Trinajstić information content (AvgIpc) is 2.91. The van der Waals surface area contributed by atoms with E-state index in [-0.39, 0.29) is 24.3 Å². The van der Waals surface area contributed by atoms with Crippen molar-refractivity contribution in [3.63, 3.8) is 0 Å². The van der Waals surface area contributed by atoms with Gasteiger partial charge in [-0.1, -0.05) is 30.9 Å². The van der Waals surface area contributed by atoms with Crippen LogP contribution >= 0.6 is 0 Å². The standard InChI is InChI=1S/C19H29N3O3/c23-16(20-12-11-14-7-3-1-4-8-14)13-22-18(24)17(21-19(22)25)15-9-5-2-6-10-15/h7,15,17H,1-6,8-13H2,(H,20,23)(H,21,25)/t17-/m0/s1. The summed E-state index contributed by atoms with van der Waals surface area (Å²) in [5.74, 6) is -0.275. The molecule has 6 heteroatoms. The van der Waals surface area contributed by atoms with Gasteiger partial charge < -0.3 is 10.6 Å². The van der Waals surface area contributed by atoms with Crippen molar-refractivity contribution in [3.05, 3.63) is 11.6 Å². The molecular formula is C19H29N3O3. The number of carbonyl (C=O) groups is 3. The van der Waals surface area contributed by atoms with Gasteiger partial charge in [0.1, 0.15) is 12.6 Å². The maximum absolute atomic E-state index is 12.5. The molecule has 1 saturated heterocycles. The van der Waals surface area contributed by atoms with Crippen LogP contribution < -0.4 is 10.6 Å². The number of allylic oxidation sites excluding steroid dienone is 1. The second kappa shape index (κ2) is 8.50. The van der Waals surface area contributed by atoms with E-state index < -0.39 is 12.1 Å². The highest BCUT2D eigenvalue weighted by Gasteiger charge is 2.43. The second-order valence-electron chi connectivity index (χ2n) is 7.46. The highest BCUT2D eigenvalue weighted by atomic mass is 16.2. The fourth-order valence-corrected chi connectivity index (χ4v) is 4.17. The zero-order valence-corrected chi connectivity index (χ0v) is 14.9. The van der Waals surface area contributed by atoms with Crippen LogP contribution in [0.1, 0.15) is 64.2 Å². The van der Waals surface area contributed by atoms with Crippen molar-refractivity contribution < 1.29 is 14.4 Å². The SMILES string of the molecule is O=C(CN1C(=O)N[C@@H](C2CCCCC2)C1=O)NCCC1=CCCCC1. The van der Waals surface area contributed by atoms with Crippen LogP contribution in [0.25, 0.3) is 0 Å². The lowest BCUT2D eigenvalue weighted by molar-refractivity contribution is -0.133. The Kier molecular flexibility index (Phi) is 6.10. The molecule has 4 amide bonds. The maximum Gasteiger partial charge on any atom is 0.325 e. The molecule has 138 valence electrons. The Hall–Kier alpha value is -1.85.